The summed E-state index contributed by atoms with van der Waals surface area (Å²) in [6.45, 7) is 17.0. The summed E-state index contributed by atoms with van der Waals surface area (Å²) in [6, 6.07) is 19.3. The normalized spacial score (nSPS) is 14.4. The maximum Gasteiger partial charge on any atom is 0.293 e. The lowest BCUT2D eigenvalue weighted by Gasteiger charge is -2.21. The fraction of sp³-hybridized carbons (Fsp3) is 0.395. The van der Waals surface area contributed by atoms with Gasteiger partial charge in [0, 0.05) is 41.9 Å². The predicted octanol–water partition coefficient (Wildman–Crippen LogP) is 8.67. The Labute approximate surface area is 309 Å². The third-order valence-corrected chi connectivity index (χ3v) is 9.07. The molecule has 2 aromatic carbocycles. The van der Waals surface area contributed by atoms with Crippen molar-refractivity contribution < 1.29 is 9.37 Å². The molecule has 1 aliphatic rings. The molecular formula is C43H57ClN5O2+. The summed E-state index contributed by atoms with van der Waals surface area (Å²) < 4.78 is 4.08. The maximum atomic E-state index is 14.3. The van der Waals surface area contributed by atoms with Crippen LogP contribution < -0.4 is 26.8 Å². The van der Waals surface area contributed by atoms with Crippen LogP contribution in [0, 0.1) is 0 Å². The van der Waals surface area contributed by atoms with Crippen molar-refractivity contribution in [2.45, 2.75) is 105 Å². The molecule has 0 bridgehead atoms. The Morgan fingerprint density at radius 3 is 2.45 bits per heavy atom. The van der Waals surface area contributed by atoms with Gasteiger partial charge in [0.1, 0.15) is 18.1 Å². The van der Waals surface area contributed by atoms with E-state index in [4.69, 9.17) is 16.6 Å². The number of rotatable bonds is 15. The number of benzene rings is 2. The van der Waals surface area contributed by atoms with Crippen LogP contribution in [0.4, 0.5) is 5.69 Å². The lowest BCUT2D eigenvalue weighted by Crippen LogP contribution is -2.43. The van der Waals surface area contributed by atoms with Crippen LogP contribution in [0.5, 0.6) is 0 Å². The zero-order chi connectivity index (χ0) is 37.2. The number of anilines is 1. The van der Waals surface area contributed by atoms with Crippen molar-refractivity contribution in [3.63, 3.8) is 0 Å². The number of amides is 1. The van der Waals surface area contributed by atoms with Crippen molar-refractivity contribution in [2.24, 2.45) is 4.99 Å². The molecule has 1 atom stereocenters. The van der Waals surface area contributed by atoms with E-state index in [0.29, 0.717) is 28.8 Å². The molecule has 0 radical (unpaired) electrons. The Balaban J connectivity index is 0.00000345. The van der Waals surface area contributed by atoms with E-state index in [1.807, 2.05) is 75.5 Å². The molecule has 0 saturated carbocycles. The first-order chi connectivity index (χ1) is 24.8. The summed E-state index contributed by atoms with van der Waals surface area (Å²) >= 11 is 7.06. The molecule has 0 spiro atoms. The molecule has 51 heavy (non-hydrogen) atoms. The van der Waals surface area contributed by atoms with Gasteiger partial charge in [-0.2, -0.15) is 0 Å². The fourth-order valence-corrected chi connectivity index (χ4v) is 6.53. The lowest BCUT2D eigenvalue weighted by molar-refractivity contribution is -0.566. The SMILES string of the molecule is C=CC(=O)Nc1cccc(-n2c(=O)c(-c3ccccc3)cc(=C/N=C(C)NC3=CCC[N+](C(CCC)CCCCC)=C3Cl)/c2=C/CCC)c1.CC. The van der Waals surface area contributed by atoms with Gasteiger partial charge in [-0.3, -0.25) is 14.2 Å². The van der Waals surface area contributed by atoms with Gasteiger partial charge in [0.05, 0.1) is 11.0 Å². The minimum Gasteiger partial charge on any atom is -0.338 e. The van der Waals surface area contributed by atoms with Crippen LogP contribution in [0.25, 0.3) is 29.1 Å². The molecule has 7 nitrogen and oxygen atoms in total. The summed E-state index contributed by atoms with van der Waals surface area (Å²) in [5.41, 5.74) is 3.28. The number of amidine groups is 1. The van der Waals surface area contributed by atoms with Crippen molar-refractivity contribution in [3.8, 4) is 16.8 Å². The first kappa shape index (κ1) is 40.9. The van der Waals surface area contributed by atoms with Gasteiger partial charge in [0.25, 0.3) is 10.7 Å². The van der Waals surface area contributed by atoms with E-state index < -0.39 is 0 Å². The first-order valence-electron chi connectivity index (χ1n) is 18.7. The minimum absolute atomic E-state index is 0.161. The summed E-state index contributed by atoms with van der Waals surface area (Å²) in [5, 5.41) is 8.56. The van der Waals surface area contributed by atoms with Crippen molar-refractivity contribution in [3.05, 3.63) is 106 Å². The molecule has 8 heteroatoms. The molecular weight excluding hydrogens is 654 g/mol. The number of nitrogens with one attached hydrogen (secondary N) is 2. The zero-order valence-electron chi connectivity index (χ0n) is 31.5. The smallest absolute Gasteiger partial charge is 0.293 e. The predicted molar refractivity (Wildman–Crippen MR) is 219 cm³/mol. The number of allylic oxidation sites excluding steroid dienone is 1. The molecule has 2 heterocycles. The third kappa shape index (κ3) is 11.5. The van der Waals surface area contributed by atoms with Gasteiger partial charge in [0.2, 0.25) is 5.91 Å². The molecule has 1 unspecified atom stereocenters. The van der Waals surface area contributed by atoms with Gasteiger partial charge in [-0.05, 0) is 79.8 Å². The van der Waals surface area contributed by atoms with E-state index in [-0.39, 0.29) is 11.5 Å². The number of nitrogens with zero attached hydrogens (tertiary/aromatic N) is 3. The Kier molecular flexibility index (Phi) is 17.4. The highest BCUT2D eigenvalue weighted by molar-refractivity contribution is 6.68. The van der Waals surface area contributed by atoms with Crippen molar-refractivity contribution in [2.75, 3.05) is 11.9 Å². The molecule has 272 valence electrons. The molecule has 1 aliphatic heterocycles. The summed E-state index contributed by atoms with van der Waals surface area (Å²) in [4.78, 5) is 31.3. The second-order valence-electron chi connectivity index (χ2n) is 12.4. The Morgan fingerprint density at radius 2 is 1.76 bits per heavy atom. The molecule has 0 saturated heterocycles. The summed E-state index contributed by atoms with van der Waals surface area (Å²) in [7, 11) is 0. The van der Waals surface area contributed by atoms with Gasteiger partial charge in [-0.25, -0.2) is 9.57 Å². The van der Waals surface area contributed by atoms with Gasteiger partial charge < -0.3 is 10.6 Å². The van der Waals surface area contributed by atoms with Crippen LogP contribution in [0.2, 0.25) is 0 Å². The highest BCUT2D eigenvalue weighted by Gasteiger charge is 2.28. The number of carbonyl (C=O) groups excluding carboxylic acids is 1. The molecule has 3 aromatic rings. The van der Waals surface area contributed by atoms with Gasteiger partial charge >= 0.3 is 0 Å². The van der Waals surface area contributed by atoms with Crippen LogP contribution in [0.1, 0.15) is 99.3 Å². The number of unbranched alkanes of at least 4 members (excludes halogenated alkanes) is 3. The highest BCUT2D eigenvalue weighted by Crippen LogP contribution is 2.19. The quantitative estimate of drug-likeness (QED) is 0.0545. The van der Waals surface area contributed by atoms with Gasteiger partial charge in [0.15, 0.2) is 6.04 Å². The number of hydrogen-bond donors (Lipinski definition) is 2. The molecule has 0 aliphatic carbocycles. The Bertz CT molecular complexity index is 1890. The van der Waals surface area contributed by atoms with E-state index in [1.54, 1.807) is 16.7 Å². The molecule has 4 rings (SSSR count). The average Bonchev–Trinajstić information content (AvgIpc) is 3.15. The van der Waals surface area contributed by atoms with Gasteiger partial charge in [-0.1, -0.05) is 103 Å². The maximum absolute atomic E-state index is 14.3. The second kappa shape index (κ2) is 21.7. The minimum atomic E-state index is -0.322. The van der Waals surface area contributed by atoms with Crippen LogP contribution >= 0.6 is 11.6 Å². The van der Waals surface area contributed by atoms with Gasteiger partial charge in [-0.15, -0.1) is 0 Å². The zero-order valence-corrected chi connectivity index (χ0v) is 32.2. The van der Waals surface area contributed by atoms with Crippen LogP contribution in [-0.4, -0.2) is 38.6 Å². The van der Waals surface area contributed by atoms with E-state index in [2.05, 4.69) is 54.7 Å². The number of pyridine rings is 1. The number of aromatic nitrogens is 1. The molecule has 0 fully saturated rings. The van der Waals surface area contributed by atoms with E-state index in [9.17, 15) is 9.59 Å². The molecule has 2 N–H and O–H groups in total. The topological polar surface area (TPSA) is 78.5 Å². The summed E-state index contributed by atoms with van der Waals surface area (Å²) in [5.74, 6) is 0.372. The van der Waals surface area contributed by atoms with Crippen LogP contribution in [0.3, 0.4) is 0 Å². The lowest BCUT2D eigenvalue weighted by atomic mass is 10.0. The molecule has 1 amide bonds. The van der Waals surface area contributed by atoms with Crippen LogP contribution in [-0.2, 0) is 4.79 Å². The van der Waals surface area contributed by atoms with E-state index in [1.165, 1.54) is 25.3 Å². The largest absolute Gasteiger partial charge is 0.338 e. The summed E-state index contributed by atoms with van der Waals surface area (Å²) in [6.07, 6.45) is 16.9. The van der Waals surface area contributed by atoms with E-state index >= 15 is 0 Å². The monoisotopic (exact) mass is 710 g/mol. The van der Waals surface area contributed by atoms with Crippen molar-refractivity contribution in [1.82, 2.24) is 9.88 Å². The van der Waals surface area contributed by atoms with Crippen LogP contribution in [0.15, 0.2) is 94.9 Å². The number of aliphatic imine (C=N–C) groups is 1. The Morgan fingerprint density at radius 1 is 1.00 bits per heavy atom. The second-order valence-corrected chi connectivity index (χ2v) is 12.8. The van der Waals surface area contributed by atoms with Crippen molar-refractivity contribution in [1.29, 1.82) is 0 Å². The average molecular weight is 711 g/mol. The standard InChI is InChI=1S/C41H50ClN5O2.C2H6/c1-6-10-13-22-34(18-8-3)46-26-17-24-37(40(46)42)44-30(5)43-29-32-27-36(31-19-14-12-15-20-31)41(49)47(38(32)25-11-7-2)35-23-16-21-33(28-35)45-39(48)9-4;1-2/h9,12,14-16,19-21,23-25,27-29,34H,4,6-8,10-11,13,17-18,22,26H2,1-3,5H3,(H-,43,44,45,48,49);1-2H3/p+1/b38-25-;. The Hall–Kier alpha value is -4.49. The highest BCUT2D eigenvalue weighted by atomic mass is 35.5. The van der Waals surface area contributed by atoms with Crippen molar-refractivity contribution >= 4 is 46.5 Å². The number of hydrogen-bond acceptors (Lipinski definition) is 3. The third-order valence-electron chi connectivity index (χ3n) is 8.65. The van der Waals surface area contributed by atoms with E-state index in [0.717, 1.165) is 72.1 Å². The first-order valence-corrected chi connectivity index (χ1v) is 19.1. The molecule has 1 aromatic heterocycles. The fourth-order valence-electron chi connectivity index (χ4n) is 6.18. The number of carbonyl (C=O) groups is 1. The number of halogens is 1.